The highest BCUT2D eigenvalue weighted by Gasteiger charge is 2.22. The lowest BCUT2D eigenvalue weighted by atomic mass is 10.1. The first-order valence-corrected chi connectivity index (χ1v) is 8.97. The van der Waals surface area contributed by atoms with Gasteiger partial charge in [0.15, 0.2) is 6.61 Å². The Morgan fingerprint density at radius 3 is 2.31 bits per heavy atom. The maximum atomic E-state index is 12.7. The van der Waals surface area contributed by atoms with Crippen molar-refractivity contribution in [1.29, 1.82) is 0 Å². The van der Waals surface area contributed by atoms with Crippen LogP contribution in [0.1, 0.15) is 63.5 Å². The number of rotatable bonds is 7. The number of Topliss-reactive ketones (excluding diaryl/α,β-unsaturated/α-hetero) is 1. The van der Waals surface area contributed by atoms with Crippen molar-refractivity contribution in [3.63, 3.8) is 0 Å². The quantitative estimate of drug-likeness (QED) is 0.736. The van der Waals surface area contributed by atoms with Crippen LogP contribution in [0, 0.1) is 27.7 Å². The highest BCUT2D eigenvalue weighted by atomic mass is 16.5. The Labute approximate surface area is 155 Å². The smallest absolute Gasteiger partial charge is 0.268 e. The second kappa shape index (κ2) is 8.21. The fourth-order valence-corrected chi connectivity index (χ4v) is 3.03. The molecule has 2 aromatic rings. The molecule has 26 heavy (non-hydrogen) atoms. The summed E-state index contributed by atoms with van der Waals surface area (Å²) in [5.74, 6) is 0.351. The molecule has 0 spiro atoms. The van der Waals surface area contributed by atoms with E-state index in [1.54, 1.807) is 13.8 Å². The van der Waals surface area contributed by atoms with E-state index < -0.39 is 0 Å². The van der Waals surface area contributed by atoms with Gasteiger partial charge in [-0.3, -0.25) is 9.59 Å². The maximum absolute atomic E-state index is 12.7. The van der Waals surface area contributed by atoms with E-state index in [1.807, 2.05) is 39.8 Å². The summed E-state index contributed by atoms with van der Waals surface area (Å²) in [5.41, 5.74) is 4.50. The van der Waals surface area contributed by atoms with Crippen molar-refractivity contribution in [1.82, 2.24) is 10.3 Å². The lowest BCUT2D eigenvalue weighted by Gasteiger charge is -2.11. The van der Waals surface area contributed by atoms with Crippen molar-refractivity contribution in [2.24, 2.45) is 0 Å². The van der Waals surface area contributed by atoms with Gasteiger partial charge in [-0.05, 0) is 69.9 Å². The van der Waals surface area contributed by atoms with Crippen molar-refractivity contribution in [2.75, 3.05) is 6.61 Å². The molecule has 2 N–H and O–H groups in total. The van der Waals surface area contributed by atoms with E-state index >= 15 is 0 Å². The summed E-state index contributed by atoms with van der Waals surface area (Å²) in [4.78, 5) is 28.1. The Kier molecular flexibility index (Phi) is 6.24. The number of H-pyrrole nitrogens is 1. The lowest BCUT2D eigenvalue weighted by molar-refractivity contribution is 0.0920. The zero-order chi connectivity index (χ0) is 19.4. The minimum atomic E-state index is -0.186. The Morgan fingerprint density at radius 1 is 1.12 bits per heavy atom. The first-order chi connectivity index (χ1) is 12.2. The molecule has 0 bridgehead atoms. The predicted molar refractivity (Wildman–Crippen MR) is 103 cm³/mol. The van der Waals surface area contributed by atoms with Gasteiger partial charge in [0.1, 0.15) is 11.4 Å². The van der Waals surface area contributed by atoms with E-state index in [0.717, 1.165) is 17.5 Å². The molecule has 0 radical (unpaired) electrons. The molecule has 0 aliphatic carbocycles. The van der Waals surface area contributed by atoms with Gasteiger partial charge in [0.05, 0.1) is 0 Å². The number of carbonyl (C=O) groups excluding carboxylic acids is 2. The number of amides is 1. The van der Waals surface area contributed by atoms with Crippen LogP contribution in [0.3, 0.4) is 0 Å². The maximum Gasteiger partial charge on any atom is 0.268 e. The number of hydrogen-bond acceptors (Lipinski definition) is 3. The number of carbonyl (C=O) groups is 2. The molecule has 1 unspecified atom stereocenters. The van der Waals surface area contributed by atoms with Crippen LogP contribution in [0.4, 0.5) is 0 Å². The monoisotopic (exact) mass is 356 g/mol. The van der Waals surface area contributed by atoms with E-state index in [1.165, 1.54) is 0 Å². The summed E-state index contributed by atoms with van der Waals surface area (Å²) in [7, 11) is 0. The molecule has 1 atom stereocenters. The second-order valence-corrected chi connectivity index (χ2v) is 6.94. The van der Waals surface area contributed by atoms with Gasteiger partial charge in [0.2, 0.25) is 5.78 Å². The fourth-order valence-electron chi connectivity index (χ4n) is 3.03. The summed E-state index contributed by atoms with van der Waals surface area (Å²) in [6.07, 6.45) is 0.847. The molecule has 5 nitrogen and oxygen atoms in total. The Balaban J connectivity index is 2.15. The van der Waals surface area contributed by atoms with Crippen molar-refractivity contribution in [3.8, 4) is 5.75 Å². The topological polar surface area (TPSA) is 71.2 Å². The molecule has 0 saturated carbocycles. The normalized spacial score (nSPS) is 11.9. The third-order valence-electron chi connectivity index (χ3n) is 4.50. The number of hydrogen-bond donors (Lipinski definition) is 2. The largest absolute Gasteiger partial charge is 0.485 e. The van der Waals surface area contributed by atoms with Gasteiger partial charge in [0.25, 0.3) is 5.91 Å². The van der Waals surface area contributed by atoms with E-state index in [9.17, 15) is 9.59 Å². The van der Waals surface area contributed by atoms with Gasteiger partial charge in [-0.1, -0.05) is 13.0 Å². The van der Waals surface area contributed by atoms with Crippen LogP contribution in [0.25, 0.3) is 0 Å². The van der Waals surface area contributed by atoms with Gasteiger partial charge >= 0.3 is 0 Å². The molecule has 5 heteroatoms. The van der Waals surface area contributed by atoms with Crippen molar-refractivity contribution >= 4 is 11.7 Å². The van der Waals surface area contributed by atoms with Crippen LogP contribution in [-0.4, -0.2) is 29.3 Å². The first-order valence-electron chi connectivity index (χ1n) is 8.97. The molecule has 1 heterocycles. The summed E-state index contributed by atoms with van der Waals surface area (Å²) >= 11 is 0. The van der Waals surface area contributed by atoms with Crippen LogP contribution in [0.5, 0.6) is 5.75 Å². The number of benzene rings is 1. The Bertz CT molecular complexity index is 801. The van der Waals surface area contributed by atoms with Gasteiger partial charge < -0.3 is 15.0 Å². The standard InChI is InChI=1S/C21H28N2O3/c1-7-14(4)22-21(25)20-15(5)19(16(6)23-20)18(24)11-26-17-9-12(2)8-13(3)10-17/h8-10,14,23H,7,11H2,1-6H3,(H,22,25). The predicted octanol–water partition coefficient (Wildman–Crippen LogP) is 4.04. The highest BCUT2D eigenvalue weighted by molar-refractivity contribution is 6.04. The van der Waals surface area contributed by atoms with E-state index in [0.29, 0.717) is 28.3 Å². The SMILES string of the molecule is CCC(C)NC(=O)c1[nH]c(C)c(C(=O)COc2cc(C)cc(C)c2)c1C. The third-order valence-corrected chi connectivity index (χ3v) is 4.50. The molecule has 140 valence electrons. The van der Waals surface area contributed by atoms with Crippen molar-refractivity contribution in [3.05, 3.63) is 51.8 Å². The molecular weight excluding hydrogens is 328 g/mol. The Morgan fingerprint density at radius 2 is 1.73 bits per heavy atom. The minimum Gasteiger partial charge on any atom is -0.485 e. The number of ether oxygens (including phenoxy) is 1. The van der Waals surface area contributed by atoms with Gasteiger partial charge in [0, 0.05) is 17.3 Å². The zero-order valence-corrected chi connectivity index (χ0v) is 16.4. The molecule has 1 aromatic heterocycles. The van der Waals surface area contributed by atoms with Crippen LogP contribution in [-0.2, 0) is 0 Å². The van der Waals surface area contributed by atoms with Crippen LogP contribution < -0.4 is 10.1 Å². The van der Waals surface area contributed by atoms with Gasteiger partial charge in [-0.2, -0.15) is 0 Å². The zero-order valence-electron chi connectivity index (χ0n) is 16.4. The summed E-state index contributed by atoms with van der Waals surface area (Å²) in [5, 5.41) is 2.92. The molecule has 2 rings (SSSR count). The van der Waals surface area contributed by atoms with Crippen molar-refractivity contribution in [2.45, 2.75) is 54.0 Å². The molecule has 0 fully saturated rings. The molecule has 0 saturated heterocycles. The number of aromatic nitrogens is 1. The molecular formula is C21H28N2O3. The molecule has 1 aromatic carbocycles. The molecule has 0 aliphatic rings. The van der Waals surface area contributed by atoms with E-state index in [-0.39, 0.29) is 24.3 Å². The average molecular weight is 356 g/mol. The summed E-state index contributed by atoms with van der Waals surface area (Å²) in [6.45, 7) is 11.5. The molecule has 0 aliphatic heterocycles. The number of nitrogens with one attached hydrogen (secondary N) is 2. The van der Waals surface area contributed by atoms with Gasteiger partial charge in [-0.15, -0.1) is 0 Å². The lowest BCUT2D eigenvalue weighted by Crippen LogP contribution is -2.32. The van der Waals surface area contributed by atoms with E-state index in [2.05, 4.69) is 16.4 Å². The Hall–Kier alpha value is -2.56. The molecule has 1 amide bonds. The van der Waals surface area contributed by atoms with Crippen LogP contribution in [0.15, 0.2) is 18.2 Å². The second-order valence-electron chi connectivity index (χ2n) is 6.94. The fraction of sp³-hybridized carbons (Fsp3) is 0.429. The number of aromatic amines is 1. The minimum absolute atomic E-state index is 0.0607. The highest BCUT2D eigenvalue weighted by Crippen LogP contribution is 2.21. The van der Waals surface area contributed by atoms with Gasteiger partial charge in [-0.25, -0.2) is 0 Å². The third kappa shape index (κ3) is 4.54. The van der Waals surface area contributed by atoms with Crippen LogP contribution >= 0.6 is 0 Å². The van der Waals surface area contributed by atoms with Crippen molar-refractivity contribution < 1.29 is 14.3 Å². The van der Waals surface area contributed by atoms with E-state index in [4.69, 9.17) is 4.74 Å². The average Bonchev–Trinajstić information content (AvgIpc) is 2.86. The number of ketones is 1. The first kappa shape index (κ1) is 19.8. The summed E-state index contributed by atoms with van der Waals surface area (Å²) < 4.78 is 5.68. The number of aryl methyl sites for hydroxylation is 3. The van der Waals surface area contributed by atoms with Crippen LogP contribution in [0.2, 0.25) is 0 Å². The summed E-state index contributed by atoms with van der Waals surface area (Å²) in [6, 6.07) is 5.94.